The maximum atomic E-state index is 12.8. The van der Waals surface area contributed by atoms with Gasteiger partial charge in [-0.1, -0.05) is 46.8 Å². The lowest BCUT2D eigenvalue weighted by Crippen LogP contribution is -2.43. The number of alkyl halides is 3. The van der Waals surface area contributed by atoms with Crippen LogP contribution < -0.4 is 0 Å². The van der Waals surface area contributed by atoms with Crippen molar-refractivity contribution in [2.24, 2.45) is 5.41 Å². The van der Waals surface area contributed by atoms with Crippen LogP contribution in [0.5, 0.6) is 0 Å². The molecule has 0 aromatic heterocycles. The molecule has 0 radical (unpaired) electrons. The Bertz CT molecular complexity index is 527. The molecule has 142 valence electrons. The molecule has 0 saturated carbocycles. The van der Waals surface area contributed by atoms with E-state index in [-0.39, 0.29) is 12.1 Å². The van der Waals surface area contributed by atoms with Crippen LogP contribution in [-0.2, 0) is 6.54 Å². The maximum Gasteiger partial charge on any atom is 0.406 e. The number of nitrogens with zero attached hydrogens (tertiary/aromatic N) is 2. The minimum Gasteiger partial charge on any atom is -0.329 e. The summed E-state index contributed by atoms with van der Waals surface area (Å²) in [7, 11) is 0. The van der Waals surface area contributed by atoms with Gasteiger partial charge in [-0.25, -0.2) is 0 Å². The Morgan fingerprint density at radius 3 is 1.88 bits per heavy atom. The highest BCUT2D eigenvalue weighted by molar-refractivity contribution is 5.94. The lowest BCUT2D eigenvalue weighted by molar-refractivity contribution is -0.142. The zero-order valence-electron chi connectivity index (χ0n) is 15.8. The minimum absolute atomic E-state index is 0.0482. The van der Waals surface area contributed by atoms with Crippen LogP contribution in [0, 0.1) is 5.41 Å². The number of rotatable bonds is 7. The summed E-state index contributed by atoms with van der Waals surface area (Å²) in [4.78, 5) is 15.7. The molecule has 0 atom stereocenters. The summed E-state index contributed by atoms with van der Waals surface area (Å²) in [6.07, 6.45) is -4.41. The quantitative estimate of drug-likeness (QED) is 0.712. The van der Waals surface area contributed by atoms with Crippen LogP contribution in [0.3, 0.4) is 0 Å². The van der Waals surface area contributed by atoms with Crippen LogP contribution in [0.1, 0.15) is 50.5 Å². The molecule has 1 rings (SSSR count). The molecule has 0 saturated heterocycles. The summed E-state index contributed by atoms with van der Waals surface area (Å²) in [5.74, 6) is -0.582. The van der Waals surface area contributed by atoms with Gasteiger partial charge in [0.1, 0.15) is 6.54 Å². The average Bonchev–Trinajstić information content (AvgIpc) is 2.49. The SMILES string of the molecule is CCN(CC)Cc1ccc(C(=O)N(CC(C)(C)C)CC(F)(F)F)cc1. The fraction of sp³-hybridized carbons (Fsp3) is 0.632. The minimum atomic E-state index is -4.41. The van der Waals surface area contributed by atoms with Crippen molar-refractivity contribution in [2.75, 3.05) is 26.2 Å². The zero-order chi connectivity index (χ0) is 19.3. The zero-order valence-corrected chi connectivity index (χ0v) is 15.8. The molecule has 0 aliphatic carbocycles. The van der Waals surface area contributed by atoms with Gasteiger partial charge < -0.3 is 4.90 Å². The molecule has 0 unspecified atom stereocenters. The first kappa shape index (κ1) is 21.5. The first-order valence-electron chi connectivity index (χ1n) is 8.62. The average molecular weight is 358 g/mol. The fourth-order valence-corrected chi connectivity index (χ4v) is 2.63. The number of amides is 1. The summed E-state index contributed by atoms with van der Waals surface area (Å²) in [6.45, 7) is 11.0. The van der Waals surface area contributed by atoms with E-state index < -0.39 is 24.0 Å². The van der Waals surface area contributed by atoms with Crippen molar-refractivity contribution in [3.63, 3.8) is 0 Å². The van der Waals surface area contributed by atoms with Gasteiger partial charge in [0.2, 0.25) is 0 Å². The fourth-order valence-electron chi connectivity index (χ4n) is 2.63. The van der Waals surface area contributed by atoms with Gasteiger partial charge in [-0.2, -0.15) is 13.2 Å². The molecule has 1 aromatic carbocycles. The second-order valence-electron chi connectivity index (χ2n) is 7.50. The Morgan fingerprint density at radius 1 is 0.960 bits per heavy atom. The summed E-state index contributed by atoms with van der Waals surface area (Å²) in [6, 6.07) is 6.86. The predicted octanol–water partition coefficient (Wildman–Crippen LogP) is 4.58. The van der Waals surface area contributed by atoms with Crippen molar-refractivity contribution < 1.29 is 18.0 Å². The van der Waals surface area contributed by atoms with Crippen LogP contribution in [0.2, 0.25) is 0 Å². The van der Waals surface area contributed by atoms with Crippen molar-refractivity contribution in [3.05, 3.63) is 35.4 Å². The van der Waals surface area contributed by atoms with Gasteiger partial charge in [-0.05, 0) is 36.2 Å². The Morgan fingerprint density at radius 2 is 1.48 bits per heavy atom. The van der Waals surface area contributed by atoms with Crippen LogP contribution in [0.25, 0.3) is 0 Å². The first-order valence-corrected chi connectivity index (χ1v) is 8.62. The van der Waals surface area contributed by atoms with Gasteiger partial charge in [0, 0.05) is 18.7 Å². The Hall–Kier alpha value is -1.56. The van der Waals surface area contributed by atoms with Crippen molar-refractivity contribution in [2.45, 2.75) is 47.3 Å². The number of benzene rings is 1. The van der Waals surface area contributed by atoms with Crippen molar-refractivity contribution in [3.8, 4) is 0 Å². The number of halogens is 3. The molecule has 0 aliphatic heterocycles. The van der Waals surface area contributed by atoms with Crippen LogP contribution in [0.4, 0.5) is 13.2 Å². The molecular weight excluding hydrogens is 329 g/mol. The van der Waals surface area contributed by atoms with Crippen molar-refractivity contribution >= 4 is 5.91 Å². The summed E-state index contributed by atoms with van der Waals surface area (Å²) < 4.78 is 38.5. The predicted molar refractivity (Wildman–Crippen MR) is 94.5 cm³/mol. The molecule has 0 bridgehead atoms. The van der Waals surface area contributed by atoms with E-state index in [4.69, 9.17) is 0 Å². The summed E-state index contributed by atoms with van der Waals surface area (Å²) in [5.41, 5.74) is 0.916. The molecule has 0 N–H and O–H groups in total. The third kappa shape index (κ3) is 7.90. The number of carbonyl (C=O) groups is 1. The molecular formula is C19H29F3N2O. The molecule has 25 heavy (non-hydrogen) atoms. The highest BCUT2D eigenvalue weighted by Gasteiger charge is 2.35. The van der Waals surface area contributed by atoms with Crippen LogP contribution in [0.15, 0.2) is 24.3 Å². The molecule has 0 aliphatic rings. The molecule has 3 nitrogen and oxygen atoms in total. The van der Waals surface area contributed by atoms with E-state index >= 15 is 0 Å². The highest BCUT2D eigenvalue weighted by Crippen LogP contribution is 2.23. The second-order valence-corrected chi connectivity index (χ2v) is 7.50. The van der Waals surface area contributed by atoms with Gasteiger partial charge in [0.25, 0.3) is 5.91 Å². The number of hydrogen-bond acceptors (Lipinski definition) is 2. The van der Waals surface area contributed by atoms with Gasteiger partial charge in [-0.3, -0.25) is 9.69 Å². The molecule has 0 heterocycles. The smallest absolute Gasteiger partial charge is 0.329 e. The Balaban J connectivity index is 2.92. The lowest BCUT2D eigenvalue weighted by atomic mass is 9.95. The first-order chi connectivity index (χ1) is 11.4. The molecule has 0 fully saturated rings. The van der Waals surface area contributed by atoms with E-state index in [1.165, 1.54) is 0 Å². The highest BCUT2D eigenvalue weighted by atomic mass is 19.4. The van der Waals surface area contributed by atoms with Crippen molar-refractivity contribution in [1.29, 1.82) is 0 Å². The van der Waals surface area contributed by atoms with E-state index in [1.807, 2.05) is 32.9 Å². The van der Waals surface area contributed by atoms with E-state index in [9.17, 15) is 18.0 Å². The van der Waals surface area contributed by atoms with Gasteiger partial charge >= 0.3 is 6.18 Å². The normalized spacial score (nSPS) is 12.5. The van der Waals surface area contributed by atoms with E-state index in [0.717, 1.165) is 30.1 Å². The Kier molecular flexibility index (Phi) is 7.47. The summed E-state index contributed by atoms with van der Waals surface area (Å²) in [5, 5.41) is 0. The van der Waals surface area contributed by atoms with Crippen LogP contribution in [-0.4, -0.2) is 48.1 Å². The second kappa shape index (κ2) is 8.70. The third-order valence-corrected chi connectivity index (χ3v) is 3.82. The topological polar surface area (TPSA) is 23.6 Å². The van der Waals surface area contributed by atoms with E-state index in [0.29, 0.717) is 0 Å². The van der Waals surface area contributed by atoms with Crippen LogP contribution >= 0.6 is 0 Å². The third-order valence-electron chi connectivity index (χ3n) is 3.82. The number of carbonyl (C=O) groups excluding carboxylic acids is 1. The monoisotopic (exact) mass is 358 g/mol. The van der Waals surface area contributed by atoms with Gasteiger partial charge in [0.05, 0.1) is 0 Å². The largest absolute Gasteiger partial charge is 0.406 e. The van der Waals surface area contributed by atoms with Gasteiger partial charge in [0.15, 0.2) is 0 Å². The standard InChI is InChI=1S/C19H29F3N2O/c1-6-23(7-2)12-15-8-10-16(11-9-15)17(25)24(13-18(3,4)5)14-19(20,21)22/h8-11H,6-7,12-14H2,1-5H3. The molecule has 1 amide bonds. The Labute approximate surface area is 148 Å². The van der Waals surface area contributed by atoms with E-state index in [2.05, 4.69) is 18.7 Å². The van der Waals surface area contributed by atoms with Gasteiger partial charge in [-0.15, -0.1) is 0 Å². The molecule has 6 heteroatoms. The van der Waals surface area contributed by atoms with Crippen molar-refractivity contribution in [1.82, 2.24) is 9.80 Å². The summed E-state index contributed by atoms with van der Waals surface area (Å²) >= 11 is 0. The lowest BCUT2D eigenvalue weighted by Gasteiger charge is -2.30. The number of hydrogen-bond donors (Lipinski definition) is 0. The molecule has 0 spiro atoms. The molecule has 1 aromatic rings. The van der Waals surface area contributed by atoms with E-state index in [1.54, 1.807) is 12.1 Å². The maximum absolute atomic E-state index is 12.8.